The normalized spacial score (nSPS) is 48.2. The molecule has 3 saturated heterocycles. The van der Waals surface area contributed by atoms with E-state index in [2.05, 4.69) is 0 Å². The van der Waals surface area contributed by atoms with E-state index in [9.17, 15) is 19.8 Å². The standard InChI is InChI=1S/C38H68O13/c1-15-27-38(10,42)31(40)22(4)29(39)20(2)18-36(8,45-13)32(51-35-26(43-11)17-16-21(3)47-35)23(5)30(24(6)34(41)49-27)50-28-19-37(9,46-14)33(44-12)25(7)48-28/h20-28,30-33,35,40,42H,15-19H2,1-14H3/t20-,21-,22+,23+,24-,25+,26-,27-,28+,30+,31-,32-,33+,35+,36-,37-,38-/m1/s1. The lowest BCUT2D eigenvalue weighted by molar-refractivity contribution is -0.318. The summed E-state index contributed by atoms with van der Waals surface area (Å²) in [6.07, 6.45) is -5.05. The van der Waals surface area contributed by atoms with E-state index in [4.69, 9.17) is 42.6 Å². The second-order valence-electron chi connectivity index (χ2n) is 15.9. The van der Waals surface area contributed by atoms with Gasteiger partial charge in [-0.15, -0.1) is 0 Å². The zero-order valence-corrected chi connectivity index (χ0v) is 33.5. The van der Waals surface area contributed by atoms with Gasteiger partial charge in [-0.2, -0.15) is 0 Å². The van der Waals surface area contributed by atoms with Crippen molar-refractivity contribution in [2.24, 2.45) is 23.7 Å². The first-order valence-corrected chi connectivity index (χ1v) is 18.7. The fourth-order valence-corrected chi connectivity index (χ4v) is 8.63. The Kier molecular flexibility index (Phi) is 15.5. The molecular formula is C38H68O13. The lowest BCUT2D eigenvalue weighted by Gasteiger charge is -2.49. The maximum absolute atomic E-state index is 14.2. The second kappa shape index (κ2) is 17.9. The van der Waals surface area contributed by atoms with Gasteiger partial charge in [0, 0.05) is 52.6 Å². The van der Waals surface area contributed by atoms with Gasteiger partial charge in [-0.05, 0) is 67.2 Å². The molecule has 0 saturated carbocycles. The molecule has 2 N–H and O–H groups in total. The van der Waals surface area contributed by atoms with Gasteiger partial charge >= 0.3 is 5.97 Å². The Labute approximate surface area is 305 Å². The zero-order chi connectivity index (χ0) is 38.6. The van der Waals surface area contributed by atoms with Crippen molar-refractivity contribution >= 4 is 11.8 Å². The van der Waals surface area contributed by atoms with Crippen LogP contribution in [0.25, 0.3) is 0 Å². The average molecular weight is 733 g/mol. The lowest BCUT2D eigenvalue weighted by atomic mass is 9.74. The van der Waals surface area contributed by atoms with Crippen LogP contribution in [-0.4, -0.2) is 129 Å². The van der Waals surface area contributed by atoms with Gasteiger partial charge in [-0.1, -0.05) is 27.7 Å². The molecule has 298 valence electrons. The van der Waals surface area contributed by atoms with Crippen molar-refractivity contribution in [1.82, 2.24) is 0 Å². The van der Waals surface area contributed by atoms with Gasteiger partial charge in [0.15, 0.2) is 12.6 Å². The molecule has 3 rings (SSSR count). The molecule has 17 atom stereocenters. The smallest absolute Gasteiger partial charge is 0.311 e. The van der Waals surface area contributed by atoms with E-state index in [-0.39, 0.29) is 36.9 Å². The Morgan fingerprint density at radius 1 is 0.804 bits per heavy atom. The highest BCUT2D eigenvalue weighted by Crippen LogP contribution is 2.42. The molecule has 0 bridgehead atoms. The van der Waals surface area contributed by atoms with Crippen LogP contribution in [0.1, 0.15) is 101 Å². The molecule has 0 aromatic heterocycles. The van der Waals surface area contributed by atoms with Gasteiger partial charge in [0.1, 0.15) is 29.7 Å². The second-order valence-corrected chi connectivity index (χ2v) is 15.9. The number of rotatable bonds is 9. The summed E-state index contributed by atoms with van der Waals surface area (Å²) in [4.78, 5) is 28.2. The predicted octanol–water partition coefficient (Wildman–Crippen LogP) is 4.21. The van der Waals surface area contributed by atoms with E-state index in [1.54, 1.807) is 56.1 Å². The van der Waals surface area contributed by atoms with Crippen LogP contribution < -0.4 is 0 Å². The molecule has 0 radical (unpaired) electrons. The molecule has 3 aliphatic rings. The van der Waals surface area contributed by atoms with E-state index in [0.717, 1.165) is 6.42 Å². The van der Waals surface area contributed by atoms with Crippen molar-refractivity contribution in [1.29, 1.82) is 0 Å². The number of Topliss-reactive ketones (excluding diaryl/α,β-unsaturated/α-hetero) is 1. The summed E-state index contributed by atoms with van der Waals surface area (Å²) < 4.78 is 56.3. The number of esters is 1. The Morgan fingerprint density at radius 3 is 1.96 bits per heavy atom. The summed E-state index contributed by atoms with van der Waals surface area (Å²) in [7, 11) is 6.40. The largest absolute Gasteiger partial charge is 0.459 e. The highest BCUT2D eigenvalue weighted by molar-refractivity contribution is 5.83. The highest BCUT2D eigenvalue weighted by atomic mass is 16.7. The van der Waals surface area contributed by atoms with Crippen LogP contribution in [0.2, 0.25) is 0 Å². The number of ether oxygens (including phenoxy) is 9. The van der Waals surface area contributed by atoms with E-state index in [0.29, 0.717) is 12.8 Å². The first-order valence-electron chi connectivity index (χ1n) is 18.7. The van der Waals surface area contributed by atoms with E-state index in [1.165, 1.54) is 6.92 Å². The van der Waals surface area contributed by atoms with Crippen molar-refractivity contribution in [2.75, 3.05) is 28.4 Å². The minimum absolute atomic E-state index is 0.0934. The Hall–Kier alpha value is -1.26. The molecule has 0 aromatic carbocycles. The maximum atomic E-state index is 14.2. The van der Waals surface area contributed by atoms with Gasteiger partial charge in [0.2, 0.25) is 0 Å². The predicted molar refractivity (Wildman–Crippen MR) is 188 cm³/mol. The van der Waals surface area contributed by atoms with Crippen LogP contribution in [0, 0.1) is 23.7 Å². The molecule has 3 heterocycles. The molecule has 51 heavy (non-hydrogen) atoms. The minimum atomic E-state index is -1.93. The van der Waals surface area contributed by atoms with Crippen LogP contribution in [0.15, 0.2) is 0 Å². The Bertz CT molecular complexity index is 1140. The Balaban J connectivity index is 2.21. The van der Waals surface area contributed by atoms with Gasteiger partial charge < -0.3 is 52.8 Å². The quantitative estimate of drug-likeness (QED) is 0.325. The van der Waals surface area contributed by atoms with Crippen LogP contribution >= 0.6 is 0 Å². The van der Waals surface area contributed by atoms with Crippen LogP contribution in [0.4, 0.5) is 0 Å². The number of carbonyl (C=O) groups excluding carboxylic acids is 2. The molecular weight excluding hydrogens is 664 g/mol. The molecule has 0 spiro atoms. The zero-order valence-electron chi connectivity index (χ0n) is 33.5. The highest BCUT2D eigenvalue weighted by Gasteiger charge is 2.53. The third-order valence-electron chi connectivity index (χ3n) is 12.0. The molecule has 3 aliphatic heterocycles. The third kappa shape index (κ3) is 9.52. The summed E-state index contributed by atoms with van der Waals surface area (Å²) in [5, 5.41) is 23.1. The summed E-state index contributed by atoms with van der Waals surface area (Å²) in [6, 6.07) is 0. The SMILES string of the molecule is CC[C@H]1OC(=O)[C@H](C)[C@@H](O[C@H]2C[C@@](C)(OC)[C@@H](OC)[C@H](C)O2)[C@H](C)[C@@H](O[C@@H]2O[C@H](C)CC[C@H]2OC)[C@](C)(OC)C[C@@H](C)C(=O)[C@H](C)[C@@H](O)[C@]1(C)O. The summed E-state index contributed by atoms with van der Waals surface area (Å²) >= 11 is 0. The maximum Gasteiger partial charge on any atom is 0.311 e. The monoisotopic (exact) mass is 732 g/mol. The molecule has 13 nitrogen and oxygen atoms in total. The number of cyclic esters (lactones) is 1. The number of carbonyl (C=O) groups is 2. The van der Waals surface area contributed by atoms with E-state index >= 15 is 0 Å². The topological polar surface area (TPSA) is 158 Å². The molecule has 13 heteroatoms. The van der Waals surface area contributed by atoms with Crippen molar-refractivity contribution in [3.63, 3.8) is 0 Å². The van der Waals surface area contributed by atoms with Gasteiger partial charge in [0.05, 0.1) is 47.6 Å². The number of methoxy groups -OCH3 is 4. The molecule has 0 aliphatic carbocycles. The first kappa shape index (κ1) is 44.1. The van der Waals surface area contributed by atoms with Crippen molar-refractivity contribution in [2.45, 2.75) is 180 Å². The summed E-state index contributed by atoms with van der Waals surface area (Å²) in [5.41, 5.74) is -3.84. The number of hydrogen-bond donors (Lipinski definition) is 2. The number of ketones is 1. The van der Waals surface area contributed by atoms with Crippen LogP contribution in [0.5, 0.6) is 0 Å². The van der Waals surface area contributed by atoms with Crippen molar-refractivity contribution < 1.29 is 62.4 Å². The average Bonchev–Trinajstić information content (AvgIpc) is 3.09. The molecule has 3 fully saturated rings. The summed E-state index contributed by atoms with van der Waals surface area (Å²) in [6.45, 7) is 17.8. The van der Waals surface area contributed by atoms with Gasteiger partial charge in [-0.25, -0.2) is 0 Å². The van der Waals surface area contributed by atoms with Crippen molar-refractivity contribution in [3.05, 3.63) is 0 Å². The van der Waals surface area contributed by atoms with E-state index < -0.39 is 89.5 Å². The number of hydrogen-bond acceptors (Lipinski definition) is 13. The number of aliphatic hydroxyl groups is 2. The number of aliphatic hydroxyl groups excluding tert-OH is 1. The third-order valence-corrected chi connectivity index (χ3v) is 12.0. The minimum Gasteiger partial charge on any atom is -0.459 e. The lowest BCUT2D eigenvalue weighted by Crippen LogP contribution is -2.60. The fraction of sp³-hybridized carbons (Fsp3) is 0.947. The van der Waals surface area contributed by atoms with Gasteiger partial charge in [-0.3, -0.25) is 9.59 Å². The molecule has 0 aromatic rings. The first-order chi connectivity index (χ1) is 23.7. The molecule has 0 unspecified atom stereocenters. The molecule has 0 amide bonds. The van der Waals surface area contributed by atoms with Crippen LogP contribution in [-0.2, 0) is 52.2 Å². The fourth-order valence-electron chi connectivity index (χ4n) is 8.63. The summed E-state index contributed by atoms with van der Waals surface area (Å²) in [5.74, 6) is -4.06. The van der Waals surface area contributed by atoms with Crippen molar-refractivity contribution in [3.8, 4) is 0 Å². The van der Waals surface area contributed by atoms with Crippen LogP contribution in [0.3, 0.4) is 0 Å². The van der Waals surface area contributed by atoms with Gasteiger partial charge in [0.25, 0.3) is 0 Å². The Morgan fingerprint density at radius 2 is 1.41 bits per heavy atom. The van der Waals surface area contributed by atoms with E-state index in [1.807, 2.05) is 34.6 Å².